The Labute approximate surface area is 229 Å². The summed E-state index contributed by atoms with van der Waals surface area (Å²) in [6, 6.07) is 13.8. The smallest absolute Gasteiger partial charge is 0.324 e. The number of thioether (sulfide) groups is 1. The summed E-state index contributed by atoms with van der Waals surface area (Å²) in [4.78, 5) is 29.1. The number of carbonyl (C=O) groups excluding carboxylic acids is 2. The quantitative estimate of drug-likeness (QED) is 0.259. The first-order chi connectivity index (χ1) is 18.3. The Kier molecular flexibility index (Phi) is 8.49. The molecule has 10 nitrogen and oxygen atoms in total. The minimum absolute atomic E-state index is 0.201. The summed E-state index contributed by atoms with van der Waals surface area (Å²) in [6.45, 7) is 1.93. The predicted octanol–water partition coefficient (Wildman–Crippen LogP) is 5.14. The third-order valence-electron chi connectivity index (χ3n) is 5.64. The van der Waals surface area contributed by atoms with Crippen LogP contribution in [-0.4, -0.2) is 45.8 Å². The van der Waals surface area contributed by atoms with Gasteiger partial charge < -0.3 is 19.9 Å². The van der Waals surface area contributed by atoms with Crippen molar-refractivity contribution in [2.75, 3.05) is 24.8 Å². The fourth-order valence-corrected chi connectivity index (χ4v) is 4.95. The highest BCUT2D eigenvalue weighted by molar-refractivity contribution is 7.98. The molecule has 0 fully saturated rings. The molecule has 196 valence electrons. The summed E-state index contributed by atoms with van der Waals surface area (Å²) in [6.07, 6.45) is 1.61. The number of nitrogens with zero attached hydrogens (tertiary/aromatic N) is 4. The lowest BCUT2D eigenvalue weighted by atomic mass is 10.1. The van der Waals surface area contributed by atoms with E-state index in [-0.39, 0.29) is 5.91 Å². The molecule has 0 spiro atoms. The van der Waals surface area contributed by atoms with Crippen LogP contribution in [0.4, 0.5) is 16.3 Å². The molecule has 12 heteroatoms. The number of ether oxygens (including phenoxy) is 1. The van der Waals surface area contributed by atoms with Crippen molar-refractivity contribution in [1.29, 1.82) is 0 Å². The van der Waals surface area contributed by atoms with Gasteiger partial charge in [0.25, 0.3) is 5.91 Å². The molecule has 0 saturated carbocycles. The van der Waals surface area contributed by atoms with Crippen LogP contribution in [0.25, 0.3) is 11.4 Å². The van der Waals surface area contributed by atoms with Crippen LogP contribution in [0.3, 0.4) is 0 Å². The van der Waals surface area contributed by atoms with Crippen molar-refractivity contribution in [1.82, 2.24) is 25.1 Å². The number of aryl methyl sites for hydroxylation is 1. The first kappa shape index (κ1) is 27.0. The number of nitrogens with one attached hydrogen (secondary N) is 3. The second kappa shape index (κ2) is 12.0. The Morgan fingerprint density at radius 1 is 1.11 bits per heavy atom. The van der Waals surface area contributed by atoms with E-state index in [4.69, 9.17) is 16.3 Å². The molecule has 2 aromatic heterocycles. The van der Waals surface area contributed by atoms with E-state index in [1.807, 2.05) is 30.7 Å². The molecule has 0 aliphatic rings. The zero-order valence-electron chi connectivity index (χ0n) is 21.2. The van der Waals surface area contributed by atoms with Crippen molar-refractivity contribution in [3.63, 3.8) is 0 Å². The summed E-state index contributed by atoms with van der Waals surface area (Å²) in [5.41, 5.74) is 3.52. The number of methoxy groups -OCH3 is 1. The van der Waals surface area contributed by atoms with Crippen LogP contribution in [0.1, 0.15) is 21.5 Å². The third kappa shape index (κ3) is 6.06. The molecular weight excluding hydrogens is 526 g/mol. The van der Waals surface area contributed by atoms with Gasteiger partial charge in [0.15, 0.2) is 11.0 Å². The van der Waals surface area contributed by atoms with Crippen molar-refractivity contribution in [3.8, 4) is 17.1 Å². The number of urea groups is 1. The van der Waals surface area contributed by atoms with E-state index in [2.05, 4.69) is 31.1 Å². The molecule has 4 rings (SSSR count). The molecule has 0 atom stereocenters. The molecule has 0 aliphatic carbocycles. The van der Waals surface area contributed by atoms with Gasteiger partial charge in [0.05, 0.1) is 12.8 Å². The zero-order valence-corrected chi connectivity index (χ0v) is 22.8. The highest BCUT2D eigenvalue weighted by atomic mass is 35.5. The largest absolute Gasteiger partial charge is 0.495 e. The number of amides is 3. The highest BCUT2D eigenvalue weighted by Crippen LogP contribution is 2.30. The topological polar surface area (TPSA) is 123 Å². The maximum absolute atomic E-state index is 12.5. The number of aromatic nitrogens is 4. The van der Waals surface area contributed by atoms with Gasteiger partial charge >= 0.3 is 6.03 Å². The number of hydrogen-bond donors (Lipinski definition) is 3. The molecule has 0 saturated heterocycles. The Morgan fingerprint density at radius 3 is 2.63 bits per heavy atom. The normalized spacial score (nSPS) is 10.7. The lowest BCUT2D eigenvalue weighted by molar-refractivity contribution is 0.0962. The van der Waals surface area contributed by atoms with Gasteiger partial charge in [0.2, 0.25) is 0 Å². The van der Waals surface area contributed by atoms with Crippen LogP contribution in [0, 0.1) is 6.92 Å². The Balaban J connectivity index is 1.43. The summed E-state index contributed by atoms with van der Waals surface area (Å²) in [5, 5.41) is 17.9. The maximum Gasteiger partial charge on any atom is 0.324 e. The lowest BCUT2D eigenvalue weighted by Gasteiger charge is -2.12. The van der Waals surface area contributed by atoms with E-state index >= 15 is 0 Å². The molecular formula is C26H26ClN7O3S. The van der Waals surface area contributed by atoms with Gasteiger partial charge in [-0.05, 0) is 54.4 Å². The predicted molar refractivity (Wildman–Crippen MR) is 149 cm³/mol. The van der Waals surface area contributed by atoms with Crippen LogP contribution in [-0.2, 0) is 12.8 Å². The second-order valence-corrected chi connectivity index (χ2v) is 9.56. The first-order valence-corrected chi connectivity index (χ1v) is 12.9. The number of rotatable bonds is 8. The number of pyridine rings is 1. The zero-order chi connectivity index (χ0) is 27.2. The molecule has 3 N–H and O–H groups in total. The van der Waals surface area contributed by atoms with E-state index in [1.165, 1.54) is 11.8 Å². The third-order valence-corrected chi connectivity index (χ3v) is 7.04. The van der Waals surface area contributed by atoms with Gasteiger partial charge in [0, 0.05) is 42.2 Å². The van der Waals surface area contributed by atoms with Crippen LogP contribution in [0.5, 0.6) is 5.75 Å². The molecule has 0 aliphatic heterocycles. The average molecular weight is 552 g/mol. The molecule has 0 radical (unpaired) electrons. The minimum atomic E-state index is -0.442. The van der Waals surface area contributed by atoms with Crippen molar-refractivity contribution in [3.05, 3.63) is 76.4 Å². The summed E-state index contributed by atoms with van der Waals surface area (Å²) in [7, 11) is 4.97. The van der Waals surface area contributed by atoms with Gasteiger partial charge in [-0.15, -0.1) is 10.2 Å². The fraction of sp³-hybridized carbons (Fsp3) is 0.192. The Bertz CT molecular complexity index is 1470. The average Bonchev–Trinajstić information content (AvgIpc) is 3.27. The van der Waals surface area contributed by atoms with Gasteiger partial charge in [-0.25, -0.2) is 9.78 Å². The number of benzene rings is 2. The van der Waals surface area contributed by atoms with Crippen molar-refractivity contribution in [2.24, 2.45) is 7.05 Å². The molecule has 3 amide bonds. The molecule has 0 unspecified atom stereocenters. The van der Waals surface area contributed by atoms with Gasteiger partial charge in [-0.3, -0.25) is 10.1 Å². The van der Waals surface area contributed by atoms with Crippen molar-refractivity contribution >= 4 is 46.8 Å². The Hall–Kier alpha value is -4.09. The lowest BCUT2D eigenvalue weighted by Crippen LogP contribution is -2.20. The van der Waals surface area contributed by atoms with Crippen LogP contribution >= 0.6 is 23.4 Å². The van der Waals surface area contributed by atoms with Crippen molar-refractivity contribution < 1.29 is 14.3 Å². The number of halogens is 1. The van der Waals surface area contributed by atoms with E-state index in [0.717, 1.165) is 16.7 Å². The molecule has 4 aromatic rings. The van der Waals surface area contributed by atoms with Crippen LogP contribution in [0.2, 0.25) is 5.02 Å². The van der Waals surface area contributed by atoms with Crippen molar-refractivity contribution in [2.45, 2.75) is 17.8 Å². The van der Waals surface area contributed by atoms with E-state index < -0.39 is 6.03 Å². The van der Waals surface area contributed by atoms with Crippen LogP contribution in [0.15, 0.2) is 59.9 Å². The van der Waals surface area contributed by atoms with Gasteiger partial charge in [-0.1, -0.05) is 35.5 Å². The molecule has 38 heavy (non-hydrogen) atoms. The SMILES string of the molecule is CNC(=O)c1cccc(Cl)c1CSc1nnc(-c2ccc(NC(=O)Nc3cc(C)ccc3OC)nc2)n1C. The van der Waals surface area contributed by atoms with E-state index in [1.54, 1.807) is 56.8 Å². The van der Waals surface area contributed by atoms with Crippen LogP contribution < -0.4 is 20.7 Å². The number of hydrogen-bond acceptors (Lipinski definition) is 7. The second-order valence-electron chi connectivity index (χ2n) is 8.21. The van der Waals surface area contributed by atoms with Gasteiger partial charge in [0.1, 0.15) is 11.6 Å². The standard InChI is InChI=1S/C26H26ClN7O3S/c1-15-8-10-21(37-4)20(12-15)30-25(36)31-22-11-9-16(13-29-22)23-32-33-26(34(23)3)38-14-18-17(24(35)28-2)6-5-7-19(18)27/h5-13H,14H2,1-4H3,(H,28,35)(H2,29,30,31,36). The van der Waals surface area contributed by atoms with Gasteiger partial charge in [-0.2, -0.15) is 0 Å². The Morgan fingerprint density at radius 2 is 1.92 bits per heavy atom. The molecule has 2 aromatic carbocycles. The summed E-state index contributed by atoms with van der Waals surface area (Å²) < 4.78 is 7.13. The number of carbonyl (C=O) groups is 2. The summed E-state index contributed by atoms with van der Waals surface area (Å²) >= 11 is 7.79. The first-order valence-electron chi connectivity index (χ1n) is 11.5. The summed E-state index contributed by atoms with van der Waals surface area (Å²) in [5.74, 6) is 1.77. The molecule has 0 bridgehead atoms. The molecule has 2 heterocycles. The van der Waals surface area contributed by atoms with E-state index in [0.29, 0.717) is 44.6 Å². The number of anilines is 2. The maximum atomic E-state index is 12.5. The fourth-order valence-electron chi connectivity index (χ4n) is 3.67. The monoisotopic (exact) mass is 551 g/mol. The van der Waals surface area contributed by atoms with E-state index in [9.17, 15) is 9.59 Å². The highest BCUT2D eigenvalue weighted by Gasteiger charge is 2.17. The minimum Gasteiger partial charge on any atom is -0.495 e.